The number of nitrogens with zero attached hydrogens (tertiary/aromatic N) is 4. The molecule has 2 aromatic carbocycles. The number of hydrogen-bond acceptors (Lipinski definition) is 5. The fourth-order valence-corrected chi connectivity index (χ4v) is 5.18. The van der Waals surface area contributed by atoms with Crippen LogP contribution >= 0.6 is 11.3 Å². The van der Waals surface area contributed by atoms with Crippen molar-refractivity contribution in [2.24, 2.45) is 0 Å². The predicted octanol–water partition coefficient (Wildman–Crippen LogP) is 4.35. The van der Waals surface area contributed by atoms with Crippen molar-refractivity contribution in [3.63, 3.8) is 0 Å². The number of hydrogen-bond donors (Lipinski definition) is 1. The van der Waals surface area contributed by atoms with Crippen LogP contribution in [-0.4, -0.2) is 31.1 Å². The molecule has 1 aliphatic heterocycles. The van der Waals surface area contributed by atoms with E-state index in [9.17, 15) is 9.50 Å². The molecule has 0 saturated heterocycles. The van der Waals surface area contributed by atoms with Gasteiger partial charge in [-0.25, -0.2) is 9.37 Å². The molecule has 0 spiro atoms. The highest BCUT2D eigenvalue weighted by Gasteiger charge is 2.33. The quantitative estimate of drug-likeness (QED) is 0.546. The highest BCUT2D eigenvalue weighted by molar-refractivity contribution is 7.17. The Morgan fingerprint density at radius 1 is 1.14 bits per heavy atom. The minimum Gasteiger partial charge on any atom is -0.492 e. The van der Waals surface area contributed by atoms with Gasteiger partial charge in [0.2, 0.25) is 10.8 Å². The van der Waals surface area contributed by atoms with E-state index in [4.69, 9.17) is 0 Å². The second kappa shape index (κ2) is 7.24. The Morgan fingerprint density at radius 2 is 1.90 bits per heavy atom. The van der Waals surface area contributed by atoms with Gasteiger partial charge in [0.15, 0.2) is 5.82 Å². The molecule has 148 valence electrons. The number of fused-ring (bicyclic) bond motifs is 2. The van der Waals surface area contributed by atoms with E-state index < -0.39 is 6.04 Å². The molecular weight excluding hydrogens is 387 g/mol. The molecule has 1 unspecified atom stereocenters. The van der Waals surface area contributed by atoms with Crippen molar-refractivity contribution in [3.05, 3.63) is 81.7 Å². The van der Waals surface area contributed by atoms with Gasteiger partial charge in [-0.2, -0.15) is 4.52 Å². The summed E-state index contributed by atoms with van der Waals surface area (Å²) in [4.78, 5) is 8.02. The standard InChI is InChI=1S/C22H21FN4OS/c1-2-18-24-22-27(25-18)21(28)20(29-22)19(16-9-5-6-10-17(16)23)26-12-11-14-7-3-4-8-15(14)13-26/h3-10,19,28H,2,11-13H2,1H3. The highest BCUT2D eigenvalue weighted by atomic mass is 32.1. The van der Waals surface area contributed by atoms with E-state index in [0.717, 1.165) is 13.0 Å². The summed E-state index contributed by atoms with van der Waals surface area (Å²) in [6.07, 6.45) is 1.59. The lowest BCUT2D eigenvalue weighted by Gasteiger charge is -2.35. The molecule has 0 amide bonds. The summed E-state index contributed by atoms with van der Waals surface area (Å²) in [5, 5.41) is 15.4. The van der Waals surface area contributed by atoms with Crippen molar-refractivity contribution < 1.29 is 9.50 Å². The third-order valence-electron chi connectivity index (χ3n) is 5.53. The van der Waals surface area contributed by atoms with Crippen LogP contribution in [0.1, 0.15) is 40.4 Å². The fraction of sp³-hybridized carbons (Fsp3) is 0.273. The van der Waals surface area contributed by atoms with E-state index in [1.54, 1.807) is 12.1 Å². The van der Waals surface area contributed by atoms with Crippen LogP contribution in [0.3, 0.4) is 0 Å². The molecule has 7 heteroatoms. The predicted molar refractivity (Wildman–Crippen MR) is 111 cm³/mol. The second-order valence-corrected chi connectivity index (χ2v) is 8.29. The van der Waals surface area contributed by atoms with Crippen LogP contribution in [0.25, 0.3) is 4.96 Å². The van der Waals surface area contributed by atoms with Gasteiger partial charge >= 0.3 is 0 Å². The molecular formula is C22H21FN4OS. The molecule has 5 rings (SSSR count). The summed E-state index contributed by atoms with van der Waals surface area (Å²) >= 11 is 1.38. The molecule has 3 heterocycles. The average Bonchev–Trinajstić information content (AvgIpc) is 3.29. The zero-order chi connectivity index (χ0) is 20.0. The number of aromatic nitrogens is 3. The second-order valence-electron chi connectivity index (χ2n) is 7.28. The minimum absolute atomic E-state index is 0.0457. The number of thiazole rings is 1. The van der Waals surface area contributed by atoms with Gasteiger partial charge in [0.25, 0.3) is 0 Å². The van der Waals surface area contributed by atoms with Gasteiger partial charge in [0.05, 0.1) is 10.9 Å². The Bertz CT molecular complexity index is 1180. The molecule has 0 saturated carbocycles. The van der Waals surface area contributed by atoms with E-state index >= 15 is 0 Å². The summed E-state index contributed by atoms with van der Waals surface area (Å²) in [6, 6.07) is 14.8. The first kappa shape index (κ1) is 18.3. The maximum absolute atomic E-state index is 14.9. The van der Waals surface area contributed by atoms with Crippen molar-refractivity contribution in [3.8, 4) is 5.88 Å². The van der Waals surface area contributed by atoms with Crippen LogP contribution in [0.2, 0.25) is 0 Å². The van der Waals surface area contributed by atoms with E-state index in [-0.39, 0.29) is 11.7 Å². The number of rotatable bonds is 4. The van der Waals surface area contributed by atoms with Crippen LogP contribution in [-0.2, 0) is 19.4 Å². The number of aryl methyl sites for hydroxylation is 1. The third kappa shape index (κ3) is 3.10. The summed E-state index contributed by atoms with van der Waals surface area (Å²) in [5.41, 5.74) is 3.13. The molecule has 0 bridgehead atoms. The molecule has 29 heavy (non-hydrogen) atoms. The average molecular weight is 409 g/mol. The van der Waals surface area contributed by atoms with Gasteiger partial charge in [-0.3, -0.25) is 4.90 Å². The summed E-state index contributed by atoms with van der Waals surface area (Å²) < 4.78 is 16.3. The largest absolute Gasteiger partial charge is 0.492 e. The van der Waals surface area contributed by atoms with Gasteiger partial charge in [-0.05, 0) is 23.6 Å². The molecule has 4 aromatic rings. The fourth-order valence-electron chi connectivity index (χ4n) is 4.06. The number of halogens is 1. The molecule has 0 fully saturated rings. The zero-order valence-electron chi connectivity index (χ0n) is 16.0. The first-order valence-electron chi connectivity index (χ1n) is 9.78. The van der Waals surface area contributed by atoms with E-state index in [1.807, 2.05) is 19.1 Å². The van der Waals surface area contributed by atoms with Crippen molar-refractivity contribution in [2.75, 3.05) is 6.54 Å². The van der Waals surface area contributed by atoms with E-state index in [2.05, 4.69) is 33.2 Å². The smallest absolute Gasteiger partial charge is 0.230 e. The Hall–Kier alpha value is -2.77. The number of benzene rings is 2. The molecule has 0 aliphatic carbocycles. The van der Waals surface area contributed by atoms with Crippen LogP contribution in [0.15, 0.2) is 48.5 Å². The molecule has 0 radical (unpaired) electrons. The van der Waals surface area contributed by atoms with E-state index in [0.29, 0.717) is 34.2 Å². The molecule has 1 atom stereocenters. The van der Waals surface area contributed by atoms with Crippen LogP contribution in [0.5, 0.6) is 5.88 Å². The molecule has 1 aliphatic rings. The minimum atomic E-state index is -0.400. The van der Waals surface area contributed by atoms with Gasteiger partial charge in [-0.15, -0.1) is 5.10 Å². The normalized spacial score (nSPS) is 15.5. The topological polar surface area (TPSA) is 53.7 Å². The highest BCUT2D eigenvalue weighted by Crippen LogP contribution is 2.42. The zero-order valence-corrected chi connectivity index (χ0v) is 16.9. The Balaban J connectivity index is 1.63. The first-order chi connectivity index (χ1) is 14.2. The van der Waals surface area contributed by atoms with Crippen molar-refractivity contribution >= 4 is 16.3 Å². The lowest BCUT2D eigenvalue weighted by molar-refractivity contribution is 0.202. The molecule has 2 aromatic heterocycles. The monoisotopic (exact) mass is 408 g/mol. The van der Waals surface area contributed by atoms with Crippen LogP contribution in [0, 0.1) is 5.82 Å². The SMILES string of the molecule is CCc1nc2sc(C(c3ccccc3F)N3CCc4ccccc4C3)c(O)n2n1. The van der Waals surface area contributed by atoms with Gasteiger partial charge < -0.3 is 5.11 Å². The summed E-state index contributed by atoms with van der Waals surface area (Å²) in [6.45, 7) is 3.45. The Labute approximate surface area is 172 Å². The molecule has 5 nitrogen and oxygen atoms in total. The summed E-state index contributed by atoms with van der Waals surface area (Å²) in [5.74, 6) is 0.459. The third-order valence-corrected chi connectivity index (χ3v) is 6.61. The Kier molecular flexibility index (Phi) is 4.56. The maximum atomic E-state index is 14.9. The van der Waals surface area contributed by atoms with Crippen molar-refractivity contribution in [2.45, 2.75) is 32.4 Å². The lowest BCUT2D eigenvalue weighted by Crippen LogP contribution is -2.35. The van der Waals surface area contributed by atoms with Crippen molar-refractivity contribution in [1.82, 2.24) is 19.5 Å². The molecule has 1 N–H and O–H groups in total. The van der Waals surface area contributed by atoms with Crippen LogP contribution in [0.4, 0.5) is 4.39 Å². The Morgan fingerprint density at radius 3 is 2.66 bits per heavy atom. The number of aromatic hydroxyl groups is 1. The van der Waals surface area contributed by atoms with Gasteiger partial charge in [-0.1, -0.05) is 60.7 Å². The van der Waals surface area contributed by atoms with Gasteiger partial charge in [0, 0.05) is 25.1 Å². The van der Waals surface area contributed by atoms with Gasteiger partial charge in [0.1, 0.15) is 5.82 Å². The van der Waals surface area contributed by atoms with E-state index in [1.165, 1.54) is 33.0 Å². The lowest BCUT2D eigenvalue weighted by atomic mass is 9.95. The first-order valence-corrected chi connectivity index (χ1v) is 10.6. The van der Waals surface area contributed by atoms with Crippen LogP contribution < -0.4 is 0 Å². The maximum Gasteiger partial charge on any atom is 0.230 e. The summed E-state index contributed by atoms with van der Waals surface area (Å²) in [7, 11) is 0. The van der Waals surface area contributed by atoms with Crippen molar-refractivity contribution in [1.29, 1.82) is 0 Å².